The van der Waals surface area contributed by atoms with Crippen molar-refractivity contribution in [2.75, 3.05) is 0 Å². The number of Topliss-reactive ketones (excluding diaryl/α,β-unsaturated/α-hetero) is 1. The molecule has 0 N–H and O–H groups in total. The minimum atomic E-state index is 0.0790. The second-order valence-corrected chi connectivity index (χ2v) is 7.08. The summed E-state index contributed by atoms with van der Waals surface area (Å²) in [7, 11) is 0. The molecule has 0 radical (unpaired) electrons. The van der Waals surface area contributed by atoms with Crippen LogP contribution in [0.1, 0.15) is 33.5 Å². The maximum absolute atomic E-state index is 12.3. The molecule has 2 heterocycles. The topological polar surface area (TPSA) is 34.9 Å². The molecule has 2 aromatic rings. The summed E-state index contributed by atoms with van der Waals surface area (Å²) in [5, 5.41) is 4.92. The average Bonchev–Trinajstić information content (AvgIpc) is 2.84. The van der Waals surface area contributed by atoms with Gasteiger partial charge in [-0.3, -0.25) is 9.48 Å². The summed E-state index contributed by atoms with van der Waals surface area (Å²) in [5.74, 6) is 0.0790. The van der Waals surface area contributed by atoms with E-state index in [0.29, 0.717) is 18.0 Å². The summed E-state index contributed by atoms with van der Waals surface area (Å²) < 4.78 is 2.80. The molecule has 2 rings (SSSR count). The molecule has 0 fully saturated rings. The molecule has 3 nitrogen and oxygen atoms in total. The Morgan fingerprint density at radius 1 is 1.53 bits per heavy atom. The molecule has 0 saturated heterocycles. The van der Waals surface area contributed by atoms with Gasteiger partial charge in [-0.05, 0) is 48.3 Å². The van der Waals surface area contributed by atoms with Crippen LogP contribution in [0.2, 0.25) is 5.02 Å². The lowest BCUT2D eigenvalue weighted by molar-refractivity contribution is 0.0994. The molecular formula is C13H14BrClN2OS. The molecule has 0 aromatic carbocycles. The van der Waals surface area contributed by atoms with Crippen LogP contribution in [0.5, 0.6) is 0 Å². The number of aromatic nitrogens is 2. The maximum atomic E-state index is 12.3. The zero-order valence-electron chi connectivity index (χ0n) is 11.0. The maximum Gasteiger partial charge on any atom is 0.178 e. The molecule has 19 heavy (non-hydrogen) atoms. The van der Waals surface area contributed by atoms with Crippen molar-refractivity contribution in [1.29, 1.82) is 0 Å². The van der Waals surface area contributed by atoms with E-state index in [4.69, 9.17) is 11.6 Å². The molecule has 0 spiro atoms. The number of carbonyl (C=O) groups is 1. The number of ketones is 1. The van der Waals surface area contributed by atoms with Gasteiger partial charge in [0.15, 0.2) is 5.78 Å². The SMILES string of the molecule is CCn1nc(C)c(Cl)c1CC(=O)c1cc(C)c(Br)s1. The van der Waals surface area contributed by atoms with Crippen LogP contribution in [0.4, 0.5) is 0 Å². The lowest BCUT2D eigenvalue weighted by Crippen LogP contribution is -2.09. The molecule has 0 unspecified atom stereocenters. The molecule has 0 saturated carbocycles. The highest BCUT2D eigenvalue weighted by atomic mass is 79.9. The average molecular weight is 362 g/mol. The lowest BCUT2D eigenvalue weighted by Gasteiger charge is -2.03. The first kappa shape index (κ1) is 14.8. The van der Waals surface area contributed by atoms with Crippen molar-refractivity contribution in [3.8, 4) is 0 Å². The van der Waals surface area contributed by atoms with Gasteiger partial charge < -0.3 is 0 Å². The fourth-order valence-electron chi connectivity index (χ4n) is 1.87. The normalized spacial score (nSPS) is 11.0. The minimum Gasteiger partial charge on any atom is -0.293 e. The van der Waals surface area contributed by atoms with Crippen LogP contribution in [0.25, 0.3) is 0 Å². The summed E-state index contributed by atoms with van der Waals surface area (Å²) in [6.45, 7) is 6.53. The van der Waals surface area contributed by atoms with Gasteiger partial charge in [-0.25, -0.2) is 0 Å². The number of halogens is 2. The third-order valence-electron chi connectivity index (χ3n) is 2.91. The van der Waals surface area contributed by atoms with E-state index in [1.54, 1.807) is 4.68 Å². The fraction of sp³-hybridized carbons (Fsp3) is 0.385. The van der Waals surface area contributed by atoms with Gasteiger partial charge in [-0.2, -0.15) is 5.10 Å². The minimum absolute atomic E-state index is 0.0790. The van der Waals surface area contributed by atoms with Crippen LogP contribution in [0.15, 0.2) is 9.85 Å². The molecule has 0 aliphatic carbocycles. The molecule has 0 bridgehead atoms. The van der Waals surface area contributed by atoms with E-state index in [9.17, 15) is 4.79 Å². The Labute approximate surface area is 129 Å². The van der Waals surface area contributed by atoms with E-state index in [1.165, 1.54) is 11.3 Å². The highest BCUT2D eigenvalue weighted by Crippen LogP contribution is 2.29. The largest absolute Gasteiger partial charge is 0.293 e. The molecule has 0 atom stereocenters. The van der Waals surface area contributed by atoms with Crippen molar-refractivity contribution >= 4 is 44.7 Å². The highest BCUT2D eigenvalue weighted by molar-refractivity contribution is 9.11. The summed E-state index contributed by atoms with van der Waals surface area (Å²) in [4.78, 5) is 13.1. The van der Waals surface area contributed by atoms with Crippen molar-refractivity contribution in [2.45, 2.75) is 33.7 Å². The Kier molecular flexibility index (Phi) is 4.48. The number of thiophene rings is 1. The van der Waals surface area contributed by atoms with Crippen LogP contribution < -0.4 is 0 Å². The third kappa shape index (κ3) is 2.93. The number of nitrogens with zero attached hydrogens (tertiary/aromatic N) is 2. The zero-order valence-corrected chi connectivity index (χ0v) is 14.1. The van der Waals surface area contributed by atoms with Gasteiger partial charge in [0.05, 0.1) is 31.5 Å². The van der Waals surface area contributed by atoms with E-state index >= 15 is 0 Å². The van der Waals surface area contributed by atoms with E-state index in [-0.39, 0.29) is 5.78 Å². The number of carbonyl (C=O) groups excluding carboxylic acids is 1. The summed E-state index contributed by atoms with van der Waals surface area (Å²) >= 11 is 11.1. The van der Waals surface area contributed by atoms with Crippen molar-refractivity contribution in [2.24, 2.45) is 0 Å². The van der Waals surface area contributed by atoms with Crippen LogP contribution in [-0.4, -0.2) is 15.6 Å². The zero-order chi connectivity index (χ0) is 14.2. The van der Waals surface area contributed by atoms with Gasteiger partial charge in [0.2, 0.25) is 0 Å². The van der Waals surface area contributed by atoms with Crippen LogP contribution in [0.3, 0.4) is 0 Å². The lowest BCUT2D eigenvalue weighted by atomic mass is 10.1. The fourth-order valence-corrected chi connectivity index (χ4v) is 3.55. The quantitative estimate of drug-likeness (QED) is 0.755. The standard InChI is InChI=1S/C13H14BrClN2OS/c1-4-17-9(12(15)8(3)16-17)6-10(18)11-5-7(2)13(14)19-11/h5H,4,6H2,1-3H3. The molecule has 2 aromatic heterocycles. The highest BCUT2D eigenvalue weighted by Gasteiger charge is 2.18. The van der Waals surface area contributed by atoms with Gasteiger partial charge in [-0.1, -0.05) is 11.6 Å². The van der Waals surface area contributed by atoms with Crippen molar-refractivity contribution in [3.05, 3.63) is 36.7 Å². The predicted octanol–water partition coefficient (Wildman–Crippen LogP) is 4.42. The van der Waals surface area contributed by atoms with Crippen LogP contribution in [0, 0.1) is 13.8 Å². The van der Waals surface area contributed by atoms with Crippen LogP contribution >= 0.6 is 38.9 Å². The molecular weight excluding hydrogens is 348 g/mol. The summed E-state index contributed by atoms with van der Waals surface area (Å²) in [5.41, 5.74) is 2.66. The number of rotatable bonds is 4. The Hall–Kier alpha value is -0.650. The van der Waals surface area contributed by atoms with E-state index in [0.717, 1.165) is 25.6 Å². The van der Waals surface area contributed by atoms with Gasteiger partial charge in [0, 0.05) is 6.54 Å². The Bertz CT molecular complexity index is 613. The van der Waals surface area contributed by atoms with Gasteiger partial charge in [0.25, 0.3) is 0 Å². The number of aryl methyl sites for hydroxylation is 3. The van der Waals surface area contributed by atoms with Gasteiger partial charge >= 0.3 is 0 Å². The van der Waals surface area contributed by atoms with E-state index in [2.05, 4.69) is 21.0 Å². The third-order valence-corrected chi connectivity index (χ3v) is 5.58. The molecule has 6 heteroatoms. The summed E-state index contributed by atoms with van der Waals surface area (Å²) in [6, 6.07) is 1.91. The van der Waals surface area contributed by atoms with Crippen molar-refractivity contribution in [1.82, 2.24) is 9.78 Å². The second-order valence-electron chi connectivity index (χ2n) is 4.33. The molecule has 0 aliphatic heterocycles. The number of hydrogen-bond acceptors (Lipinski definition) is 3. The molecule has 0 aliphatic rings. The predicted molar refractivity (Wildman–Crippen MR) is 82.4 cm³/mol. The number of hydrogen-bond donors (Lipinski definition) is 0. The van der Waals surface area contributed by atoms with E-state index < -0.39 is 0 Å². The second kappa shape index (κ2) is 5.77. The van der Waals surface area contributed by atoms with Gasteiger partial charge in [-0.15, -0.1) is 11.3 Å². The molecule has 102 valence electrons. The smallest absolute Gasteiger partial charge is 0.178 e. The Morgan fingerprint density at radius 3 is 2.74 bits per heavy atom. The Morgan fingerprint density at radius 2 is 2.21 bits per heavy atom. The first-order valence-corrected chi connectivity index (χ1v) is 7.93. The molecule has 0 amide bonds. The van der Waals surface area contributed by atoms with Crippen molar-refractivity contribution < 1.29 is 4.79 Å². The first-order chi connectivity index (χ1) is 8.93. The van der Waals surface area contributed by atoms with Gasteiger partial charge in [0.1, 0.15) is 0 Å². The van der Waals surface area contributed by atoms with Crippen molar-refractivity contribution in [3.63, 3.8) is 0 Å². The summed E-state index contributed by atoms with van der Waals surface area (Å²) in [6.07, 6.45) is 0.292. The van der Waals surface area contributed by atoms with Crippen LogP contribution in [-0.2, 0) is 13.0 Å². The first-order valence-electron chi connectivity index (χ1n) is 5.95. The Balaban J connectivity index is 2.28. The van der Waals surface area contributed by atoms with E-state index in [1.807, 2.05) is 26.8 Å². The monoisotopic (exact) mass is 360 g/mol.